The second-order valence-electron chi connectivity index (χ2n) is 2.43. The highest BCUT2D eigenvalue weighted by Crippen LogP contribution is 2.30. The Morgan fingerprint density at radius 3 is 2.85 bits per heavy atom. The molecule has 0 aliphatic carbocycles. The van der Waals surface area contributed by atoms with Crippen LogP contribution in [0, 0.1) is 0 Å². The molecule has 13 heavy (non-hydrogen) atoms. The Morgan fingerprint density at radius 1 is 1.62 bits per heavy atom. The summed E-state index contributed by atoms with van der Waals surface area (Å²) < 4.78 is 5.01. The lowest BCUT2D eigenvalue weighted by molar-refractivity contribution is -0.107. The average molecular weight is 264 g/mol. The van der Waals surface area contributed by atoms with E-state index < -0.39 is 0 Å². The van der Waals surface area contributed by atoms with Crippen molar-refractivity contribution in [2.75, 3.05) is 7.11 Å². The summed E-state index contributed by atoms with van der Waals surface area (Å²) >= 11 is 9.07. The van der Waals surface area contributed by atoms with Gasteiger partial charge in [0.15, 0.2) is 0 Å². The van der Waals surface area contributed by atoms with Gasteiger partial charge in [0.05, 0.1) is 11.9 Å². The Bertz CT molecular complexity index is 314. The molecule has 0 saturated heterocycles. The standard InChI is InChI=1S/C9H8BrClO2/c1-13-6-2-3-9(11)7(4-6)8(10)5-12/h2-5,8H,1H3/t8-/m1/s1. The summed E-state index contributed by atoms with van der Waals surface area (Å²) in [7, 11) is 1.57. The first kappa shape index (κ1) is 10.5. The van der Waals surface area contributed by atoms with Gasteiger partial charge in [-0.25, -0.2) is 0 Å². The van der Waals surface area contributed by atoms with Gasteiger partial charge in [-0.3, -0.25) is 0 Å². The van der Waals surface area contributed by atoms with Gasteiger partial charge in [0.25, 0.3) is 0 Å². The maximum Gasteiger partial charge on any atom is 0.138 e. The minimum absolute atomic E-state index is 0.380. The molecule has 2 nitrogen and oxygen atoms in total. The highest BCUT2D eigenvalue weighted by Gasteiger charge is 2.10. The molecule has 4 heteroatoms. The quantitative estimate of drug-likeness (QED) is 0.619. The van der Waals surface area contributed by atoms with Crippen LogP contribution in [-0.4, -0.2) is 13.4 Å². The minimum atomic E-state index is -0.380. The van der Waals surface area contributed by atoms with Crippen molar-refractivity contribution >= 4 is 33.8 Å². The number of benzene rings is 1. The summed E-state index contributed by atoms with van der Waals surface area (Å²) in [5.41, 5.74) is 0.719. The van der Waals surface area contributed by atoms with Crippen molar-refractivity contribution in [3.05, 3.63) is 28.8 Å². The van der Waals surface area contributed by atoms with Crippen molar-refractivity contribution < 1.29 is 9.53 Å². The SMILES string of the molecule is COc1ccc(Cl)c([C@H](Br)C=O)c1. The van der Waals surface area contributed by atoms with Gasteiger partial charge < -0.3 is 9.53 Å². The third-order valence-electron chi connectivity index (χ3n) is 1.62. The summed E-state index contributed by atoms with van der Waals surface area (Å²) in [5.74, 6) is 0.686. The van der Waals surface area contributed by atoms with Gasteiger partial charge in [0, 0.05) is 5.02 Å². The molecule has 0 aliphatic rings. The molecule has 1 aromatic rings. The van der Waals surface area contributed by atoms with E-state index in [4.69, 9.17) is 16.3 Å². The number of methoxy groups -OCH3 is 1. The highest BCUT2D eigenvalue weighted by molar-refractivity contribution is 9.09. The van der Waals surface area contributed by atoms with E-state index in [1.807, 2.05) is 0 Å². The van der Waals surface area contributed by atoms with Crippen molar-refractivity contribution in [2.24, 2.45) is 0 Å². The Kier molecular flexibility index (Phi) is 3.75. The molecular formula is C9H8BrClO2. The fourth-order valence-electron chi connectivity index (χ4n) is 0.933. The first-order valence-electron chi connectivity index (χ1n) is 3.62. The molecule has 1 aromatic carbocycles. The maximum absolute atomic E-state index is 10.5. The van der Waals surface area contributed by atoms with E-state index in [1.165, 1.54) is 0 Å². The third kappa shape index (κ3) is 2.45. The minimum Gasteiger partial charge on any atom is -0.497 e. The molecule has 0 saturated carbocycles. The van der Waals surface area contributed by atoms with Crippen LogP contribution in [-0.2, 0) is 4.79 Å². The van der Waals surface area contributed by atoms with Gasteiger partial charge in [-0.15, -0.1) is 0 Å². The van der Waals surface area contributed by atoms with Crippen molar-refractivity contribution in [3.63, 3.8) is 0 Å². The summed E-state index contributed by atoms with van der Waals surface area (Å²) in [6.07, 6.45) is 0.778. The van der Waals surface area contributed by atoms with Crippen LogP contribution in [0.4, 0.5) is 0 Å². The van der Waals surface area contributed by atoms with Gasteiger partial charge in [0.1, 0.15) is 12.0 Å². The highest BCUT2D eigenvalue weighted by atomic mass is 79.9. The zero-order valence-corrected chi connectivity index (χ0v) is 9.30. The maximum atomic E-state index is 10.5. The number of halogens is 2. The largest absolute Gasteiger partial charge is 0.497 e. The predicted octanol–water partition coefficient (Wildman–Crippen LogP) is 2.98. The van der Waals surface area contributed by atoms with Crippen LogP contribution in [0.15, 0.2) is 18.2 Å². The number of hydrogen-bond donors (Lipinski definition) is 0. The van der Waals surface area contributed by atoms with Crippen molar-refractivity contribution in [1.82, 2.24) is 0 Å². The summed E-state index contributed by atoms with van der Waals surface area (Å²) in [6.45, 7) is 0. The number of aldehydes is 1. The van der Waals surface area contributed by atoms with Crippen molar-refractivity contribution in [1.29, 1.82) is 0 Å². The van der Waals surface area contributed by atoms with Gasteiger partial charge >= 0.3 is 0 Å². The molecule has 1 atom stereocenters. The third-order valence-corrected chi connectivity index (χ3v) is 2.67. The van der Waals surface area contributed by atoms with E-state index in [9.17, 15) is 4.79 Å². The Hall–Kier alpha value is -0.540. The van der Waals surface area contributed by atoms with Gasteiger partial charge in [0.2, 0.25) is 0 Å². The Labute approximate surface area is 90.0 Å². The van der Waals surface area contributed by atoms with Crippen LogP contribution in [0.2, 0.25) is 5.02 Å². The van der Waals surface area contributed by atoms with E-state index in [-0.39, 0.29) is 4.83 Å². The van der Waals surface area contributed by atoms with Crippen molar-refractivity contribution in [2.45, 2.75) is 4.83 Å². The van der Waals surface area contributed by atoms with Crippen LogP contribution in [0.25, 0.3) is 0 Å². The average Bonchev–Trinajstić information content (AvgIpc) is 2.17. The van der Waals surface area contributed by atoms with E-state index >= 15 is 0 Å². The number of alkyl halides is 1. The lowest BCUT2D eigenvalue weighted by atomic mass is 10.1. The van der Waals surface area contributed by atoms with Crippen LogP contribution in [0.3, 0.4) is 0 Å². The van der Waals surface area contributed by atoms with Crippen LogP contribution in [0.1, 0.15) is 10.4 Å². The fraction of sp³-hybridized carbons (Fsp3) is 0.222. The molecule has 0 bridgehead atoms. The molecule has 0 spiro atoms. The molecule has 0 N–H and O–H groups in total. The topological polar surface area (TPSA) is 26.3 Å². The number of carbonyl (C=O) groups excluding carboxylic acids is 1. The second kappa shape index (κ2) is 4.63. The lowest BCUT2D eigenvalue weighted by Gasteiger charge is -2.07. The molecule has 0 aliphatic heterocycles. The van der Waals surface area contributed by atoms with Crippen molar-refractivity contribution in [3.8, 4) is 5.75 Å². The van der Waals surface area contributed by atoms with Gasteiger partial charge in [-0.2, -0.15) is 0 Å². The molecular weight excluding hydrogens is 255 g/mol. The smallest absolute Gasteiger partial charge is 0.138 e. The molecule has 1 rings (SSSR count). The van der Waals surface area contributed by atoms with E-state index in [1.54, 1.807) is 25.3 Å². The first-order chi connectivity index (χ1) is 6.19. The van der Waals surface area contributed by atoms with Gasteiger partial charge in [-0.05, 0) is 23.8 Å². The molecule has 0 fully saturated rings. The number of hydrogen-bond acceptors (Lipinski definition) is 2. The molecule has 0 unspecified atom stereocenters. The Morgan fingerprint density at radius 2 is 2.31 bits per heavy atom. The lowest BCUT2D eigenvalue weighted by Crippen LogP contribution is -1.93. The van der Waals surface area contributed by atoms with E-state index in [0.29, 0.717) is 10.8 Å². The van der Waals surface area contributed by atoms with Crippen LogP contribution in [0.5, 0.6) is 5.75 Å². The number of carbonyl (C=O) groups is 1. The Balaban J connectivity index is 3.10. The number of ether oxygens (including phenoxy) is 1. The van der Waals surface area contributed by atoms with Crippen LogP contribution >= 0.6 is 27.5 Å². The zero-order chi connectivity index (χ0) is 9.84. The normalized spacial score (nSPS) is 12.2. The molecule has 0 amide bonds. The monoisotopic (exact) mass is 262 g/mol. The second-order valence-corrected chi connectivity index (χ2v) is 3.82. The van der Waals surface area contributed by atoms with Gasteiger partial charge in [-0.1, -0.05) is 27.5 Å². The molecule has 0 aromatic heterocycles. The molecule has 0 heterocycles. The zero-order valence-electron chi connectivity index (χ0n) is 6.96. The first-order valence-corrected chi connectivity index (χ1v) is 4.91. The number of rotatable bonds is 3. The van der Waals surface area contributed by atoms with E-state index in [2.05, 4.69) is 15.9 Å². The molecule has 0 radical (unpaired) electrons. The summed E-state index contributed by atoms with van der Waals surface area (Å²) in [6, 6.07) is 5.18. The fourth-order valence-corrected chi connectivity index (χ4v) is 1.68. The summed E-state index contributed by atoms with van der Waals surface area (Å²) in [4.78, 5) is 10.1. The van der Waals surface area contributed by atoms with Crippen LogP contribution < -0.4 is 4.74 Å². The van der Waals surface area contributed by atoms with E-state index in [0.717, 1.165) is 11.8 Å². The predicted molar refractivity (Wildman–Crippen MR) is 55.7 cm³/mol. The molecule has 70 valence electrons. The summed E-state index contributed by atoms with van der Waals surface area (Å²) in [5, 5.41) is 0.551.